The molecule has 24 heavy (non-hydrogen) atoms. The van der Waals surface area contributed by atoms with Crippen LogP contribution in [0.4, 0.5) is 0 Å². The molecule has 0 bridgehead atoms. The summed E-state index contributed by atoms with van der Waals surface area (Å²) in [7, 11) is 1.49. The van der Waals surface area contributed by atoms with E-state index in [2.05, 4.69) is 6.58 Å². The molecule has 1 heterocycles. The fraction of sp³-hybridized carbons (Fsp3) is 0.211. The Morgan fingerprint density at radius 1 is 1.33 bits per heavy atom. The number of phenolic OH excluding ortho intramolecular Hbond substituents is 2. The molecule has 0 aliphatic rings. The first kappa shape index (κ1) is 15.9. The van der Waals surface area contributed by atoms with Crippen LogP contribution < -0.4 is 10.2 Å². The summed E-state index contributed by atoms with van der Waals surface area (Å²) in [6.07, 6.45) is 1.16. The van der Waals surface area contributed by atoms with Crippen LogP contribution in [0.3, 0.4) is 0 Å². The molecular weight excluding hydrogens is 308 g/mol. The van der Waals surface area contributed by atoms with Crippen LogP contribution in [0, 0.1) is 0 Å². The largest absolute Gasteiger partial charge is 0.507 e. The van der Waals surface area contributed by atoms with E-state index in [0.29, 0.717) is 24.2 Å². The molecule has 1 aromatic heterocycles. The highest BCUT2D eigenvalue weighted by Gasteiger charge is 2.20. The Balaban J connectivity index is 2.38. The molecule has 3 rings (SSSR count). The van der Waals surface area contributed by atoms with Crippen molar-refractivity contribution in [1.29, 1.82) is 0 Å². The average Bonchev–Trinajstić information content (AvgIpc) is 2.54. The first-order chi connectivity index (χ1) is 11.4. The number of benzene rings is 2. The van der Waals surface area contributed by atoms with Gasteiger partial charge in [0, 0.05) is 11.6 Å². The Hall–Kier alpha value is -2.95. The Bertz CT molecular complexity index is 1010. The molecule has 0 atom stereocenters. The van der Waals surface area contributed by atoms with Crippen LogP contribution in [0.25, 0.3) is 21.9 Å². The Labute approximate surface area is 138 Å². The minimum absolute atomic E-state index is 0.0885. The summed E-state index contributed by atoms with van der Waals surface area (Å²) in [5.74, 6) is 0.153. The molecule has 124 valence electrons. The van der Waals surface area contributed by atoms with E-state index in [9.17, 15) is 15.0 Å². The molecule has 0 aliphatic carbocycles. The normalized spacial score (nSPS) is 11.1. The Morgan fingerprint density at radius 3 is 2.75 bits per heavy atom. The third-order valence-corrected chi connectivity index (χ3v) is 4.03. The lowest BCUT2D eigenvalue weighted by atomic mass is 10.0. The zero-order chi connectivity index (χ0) is 17.4. The van der Waals surface area contributed by atoms with Gasteiger partial charge in [-0.25, -0.2) is 0 Å². The van der Waals surface area contributed by atoms with Gasteiger partial charge in [0.25, 0.3) is 0 Å². The molecular formula is C19H18O5. The van der Waals surface area contributed by atoms with Gasteiger partial charge in [-0.05, 0) is 31.9 Å². The van der Waals surface area contributed by atoms with Crippen molar-refractivity contribution in [3.8, 4) is 17.2 Å². The van der Waals surface area contributed by atoms with Crippen molar-refractivity contribution in [2.45, 2.75) is 19.8 Å². The van der Waals surface area contributed by atoms with Crippen molar-refractivity contribution in [2.24, 2.45) is 0 Å². The topological polar surface area (TPSA) is 79.9 Å². The summed E-state index contributed by atoms with van der Waals surface area (Å²) in [5, 5.41) is 20.9. The number of fused-ring (bicyclic) bond motifs is 2. The molecule has 2 aromatic carbocycles. The molecule has 5 heteroatoms. The summed E-state index contributed by atoms with van der Waals surface area (Å²) in [6, 6.07) is 6.12. The maximum Gasteiger partial charge on any atom is 0.204 e. The second-order valence-electron chi connectivity index (χ2n) is 5.82. The minimum atomic E-state index is -0.390. The van der Waals surface area contributed by atoms with Crippen LogP contribution in [-0.2, 0) is 6.42 Å². The highest BCUT2D eigenvalue weighted by molar-refractivity contribution is 5.96. The van der Waals surface area contributed by atoms with Crippen LogP contribution >= 0.6 is 0 Å². The minimum Gasteiger partial charge on any atom is -0.507 e. The molecule has 0 radical (unpaired) electrons. The zero-order valence-electron chi connectivity index (χ0n) is 13.5. The predicted octanol–water partition coefficient (Wildman–Crippen LogP) is 3.87. The van der Waals surface area contributed by atoms with Crippen LogP contribution in [0.5, 0.6) is 17.2 Å². The predicted molar refractivity (Wildman–Crippen MR) is 93.0 cm³/mol. The van der Waals surface area contributed by atoms with Crippen molar-refractivity contribution >= 4 is 21.9 Å². The van der Waals surface area contributed by atoms with Gasteiger partial charge in [-0.1, -0.05) is 11.6 Å². The second-order valence-corrected chi connectivity index (χ2v) is 5.82. The first-order valence-corrected chi connectivity index (χ1v) is 7.55. The first-order valence-electron chi connectivity index (χ1n) is 7.55. The lowest BCUT2D eigenvalue weighted by Gasteiger charge is -2.13. The van der Waals surface area contributed by atoms with E-state index in [0.717, 1.165) is 5.57 Å². The fourth-order valence-electron chi connectivity index (χ4n) is 2.78. The van der Waals surface area contributed by atoms with E-state index < -0.39 is 0 Å². The van der Waals surface area contributed by atoms with E-state index in [4.69, 9.17) is 9.15 Å². The van der Waals surface area contributed by atoms with Crippen LogP contribution in [-0.4, -0.2) is 17.3 Å². The summed E-state index contributed by atoms with van der Waals surface area (Å²) in [5.41, 5.74) is 1.37. The van der Waals surface area contributed by atoms with Crippen molar-refractivity contribution < 1.29 is 19.4 Å². The molecule has 3 aromatic rings. The number of methoxy groups -OCH3 is 1. The maximum atomic E-state index is 12.8. The van der Waals surface area contributed by atoms with Crippen LogP contribution in [0.1, 0.15) is 18.9 Å². The van der Waals surface area contributed by atoms with Crippen LogP contribution in [0.2, 0.25) is 0 Å². The van der Waals surface area contributed by atoms with Gasteiger partial charge in [0.05, 0.1) is 12.5 Å². The van der Waals surface area contributed by atoms with Crippen LogP contribution in [0.15, 0.2) is 45.6 Å². The molecule has 0 unspecified atom stereocenters. The molecule has 0 amide bonds. The maximum absolute atomic E-state index is 12.8. The number of allylic oxidation sites excluding steroid dienone is 1. The van der Waals surface area contributed by atoms with Gasteiger partial charge < -0.3 is 19.4 Å². The quantitative estimate of drug-likeness (QED) is 0.562. The molecule has 0 fully saturated rings. The van der Waals surface area contributed by atoms with Crippen molar-refractivity contribution in [3.63, 3.8) is 0 Å². The molecule has 0 spiro atoms. The van der Waals surface area contributed by atoms with E-state index in [-0.39, 0.29) is 38.9 Å². The average molecular weight is 326 g/mol. The number of hydrogen-bond donors (Lipinski definition) is 2. The summed E-state index contributed by atoms with van der Waals surface area (Å²) in [4.78, 5) is 12.8. The van der Waals surface area contributed by atoms with Gasteiger partial charge in [-0.2, -0.15) is 0 Å². The third kappa shape index (κ3) is 2.48. The highest BCUT2D eigenvalue weighted by atomic mass is 16.5. The number of hydrogen-bond acceptors (Lipinski definition) is 5. The van der Waals surface area contributed by atoms with E-state index in [1.807, 2.05) is 6.92 Å². The monoisotopic (exact) mass is 326 g/mol. The van der Waals surface area contributed by atoms with Crippen molar-refractivity contribution in [3.05, 3.63) is 52.2 Å². The smallest absolute Gasteiger partial charge is 0.204 e. The van der Waals surface area contributed by atoms with E-state index >= 15 is 0 Å². The van der Waals surface area contributed by atoms with E-state index in [1.165, 1.54) is 13.2 Å². The zero-order valence-corrected chi connectivity index (χ0v) is 13.5. The Morgan fingerprint density at radius 2 is 2.08 bits per heavy atom. The van der Waals surface area contributed by atoms with Gasteiger partial charge >= 0.3 is 0 Å². The number of phenols is 2. The van der Waals surface area contributed by atoms with E-state index in [1.54, 1.807) is 18.2 Å². The second kappa shape index (κ2) is 5.92. The highest BCUT2D eigenvalue weighted by Crippen LogP contribution is 2.38. The van der Waals surface area contributed by atoms with Gasteiger partial charge in [-0.15, -0.1) is 6.58 Å². The molecule has 0 saturated heterocycles. The number of ether oxygens (including phenoxy) is 1. The molecule has 0 saturated carbocycles. The van der Waals surface area contributed by atoms with Gasteiger partial charge in [0.2, 0.25) is 5.43 Å². The lowest BCUT2D eigenvalue weighted by molar-refractivity contribution is 0.400. The third-order valence-electron chi connectivity index (χ3n) is 4.03. The SMILES string of the molecule is C=C(C)CCc1c(OC)cc2oc3c(O)cccc3c(=O)c2c1O. The van der Waals surface area contributed by atoms with Crippen molar-refractivity contribution in [2.75, 3.05) is 7.11 Å². The molecule has 5 nitrogen and oxygen atoms in total. The summed E-state index contributed by atoms with van der Waals surface area (Å²) < 4.78 is 11.0. The summed E-state index contributed by atoms with van der Waals surface area (Å²) in [6.45, 7) is 5.75. The summed E-state index contributed by atoms with van der Waals surface area (Å²) >= 11 is 0. The van der Waals surface area contributed by atoms with Gasteiger partial charge in [-0.3, -0.25) is 4.79 Å². The number of rotatable bonds is 4. The number of para-hydroxylation sites is 1. The fourth-order valence-corrected chi connectivity index (χ4v) is 2.78. The molecule has 2 N–H and O–H groups in total. The van der Waals surface area contributed by atoms with Gasteiger partial charge in [0.1, 0.15) is 22.5 Å². The number of aromatic hydroxyl groups is 2. The standard InChI is InChI=1S/C19H18O5/c1-10(2)7-8-11-14(23-3)9-15-16(17(11)21)18(22)12-5-4-6-13(20)19(12)24-15/h4-6,9,20-21H,1,7-8H2,2-3H3. The molecule has 0 aliphatic heterocycles. The Kier molecular flexibility index (Phi) is 3.93. The van der Waals surface area contributed by atoms with Crippen molar-refractivity contribution in [1.82, 2.24) is 0 Å². The lowest BCUT2D eigenvalue weighted by Crippen LogP contribution is -2.05. The van der Waals surface area contributed by atoms with Gasteiger partial charge in [0.15, 0.2) is 11.3 Å².